The van der Waals surface area contributed by atoms with Crippen molar-refractivity contribution >= 4 is 22.5 Å². The highest BCUT2D eigenvalue weighted by Crippen LogP contribution is 2.33. The predicted octanol–water partition coefficient (Wildman–Crippen LogP) is 5.72. The van der Waals surface area contributed by atoms with Crippen LogP contribution in [0, 0.1) is 6.92 Å². The van der Waals surface area contributed by atoms with Crippen LogP contribution in [0.15, 0.2) is 85.2 Å². The van der Waals surface area contributed by atoms with Crippen LogP contribution in [-0.4, -0.2) is 34.7 Å². The van der Waals surface area contributed by atoms with E-state index < -0.39 is 0 Å². The van der Waals surface area contributed by atoms with Crippen LogP contribution in [0.5, 0.6) is 11.5 Å². The molecule has 0 saturated heterocycles. The zero-order valence-corrected chi connectivity index (χ0v) is 20.4. The van der Waals surface area contributed by atoms with Crippen molar-refractivity contribution in [3.63, 3.8) is 0 Å². The molecule has 5 rings (SSSR count). The van der Waals surface area contributed by atoms with Crippen molar-refractivity contribution in [1.82, 2.24) is 14.5 Å². The van der Waals surface area contributed by atoms with E-state index in [1.54, 1.807) is 20.4 Å². The largest absolute Gasteiger partial charge is 0.493 e. The fourth-order valence-electron chi connectivity index (χ4n) is 4.17. The standard InChI is InChI=1S/C29H26N4O3/c1-19-30-14-15-33(19)18-20-8-11-22(12-9-20)31-29(34)24-17-26(32-25-7-5-4-6-23(24)25)21-10-13-27(35-2)28(16-21)36-3/h4-17H,18H2,1-3H3,(H,31,34). The second-order valence-corrected chi connectivity index (χ2v) is 8.40. The lowest BCUT2D eigenvalue weighted by Crippen LogP contribution is -2.13. The highest BCUT2D eigenvalue weighted by molar-refractivity contribution is 6.13. The van der Waals surface area contributed by atoms with Crippen LogP contribution >= 0.6 is 0 Å². The van der Waals surface area contributed by atoms with Gasteiger partial charge in [-0.2, -0.15) is 0 Å². The Labute approximate surface area is 209 Å². The van der Waals surface area contributed by atoms with Gasteiger partial charge in [0.2, 0.25) is 0 Å². The molecule has 180 valence electrons. The Morgan fingerprint density at radius 2 is 1.72 bits per heavy atom. The molecule has 0 unspecified atom stereocenters. The number of amides is 1. The van der Waals surface area contributed by atoms with Gasteiger partial charge in [0, 0.05) is 35.6 Å². The van der Waals surface area contributed by atoms with Crippen molar-refractivity contribution in [1.29, 1.82) is 0 Å². The Balaban J connectivity index is 1.45. The summed E-state index contributed by atoms with van der Waals surface area (Å²) < 4.78 is 12.9. The molecule has 0 aliphatic carbocycles. The number of methoxy groups -OCH3 is 2. The number of benzene rings is 3. The molecule has 0 fully saturated rings. The topological polar surface area (TPSA) is 78.3 Å². The molecule has 36 heavy (non-hydrogen) atoms. The van der Waals surface area contributed by atoms with Gasteiger partial charge in [-0.15, -0.1) is 0 Å². The maximum absolute atomic E-state index is 13.4. The van der Waals surface area contributed by atoms with E-state index in [1.165, 1.54) is 0 Å². The Morgan fingerprint density at radius 1 is 0.944 bits per heavy atom. The van der Waals surface area contributed by atoms with Crippen molar-refractivity contribution in [2.75, 3.05) is 19.5 Å². The van der Waals surface area contributed by atoms with Gasteiger partial charge in [-0.25, -0.2) is 9.97 Å². The summed E-state index contributed by atoms with van der Waals surface area (Å²) in [5.41, 5.74) is 4.63. The van der Waals surface area contributed by atoms with Gasteiger partial charge in [-0.05, 0) is 55.0 Å². The molecule has 2 aromatic heterocycles. The number of aryl methyl sites for hydroxylation is 1. The number of pyridine rings is 1. The fourth-order valence-corrected chi connectivity index (χ4v) is 4.17. The molecule has 0 atom stereocenters. The van der Waals surface area contributed by atoms with Crippen molar-refractivity contribution in [3.05, 3.63) is 102 Å². The van der Waals surface area contributed by atoms with Gasteiger partial charge in [-0.1, -0.05) is 30.3 Å². The number of rotatable bonds is 7. The van der Waals surface area contributed by atoms with Crippen molar-refractivity contribution in [2.24, 2.45) is 0 Å². The first-order chi connectivity index (χ1) is 17.6. The van der Waals surface area contributed by atoms with E-state index >= 15 is 0 Å². The molecule has 7 heteroatoms. The molecule has 0 aliphatic heterocycles. The molecule has 0 spiro atoms. The number of carbonyl (C=O) groups is 1. The molecule has 1 N–H and O–H groups in total. The smallest absolute Gasteiger partial charge is 0.256 e. The second kappa shape index (κ2) is 9.92. The summed E-state index contributed by atoms with van der Waals surface area (Å²) in [4.78, 5) is 22.5. The highest BCUT2D eigenvalue weighted by atomic mass is 16.5. The zero-order chi connectivity index (χ0) is 25.1. The van der Waals surface area contributed by atoms with Crippen LogP contribution in [0.2, 0.25) is 0 Å². The molecule has 1 amide bonds. The molecule has 2 heterocycles. The lowest BCUT2D eigenvalue weighted by molar-refractivity contribution is 0.102. The number of hydrogen-bond donors (Lipinski definition) is 1. The molecule has 3 aromatic carbocycles. The van der Waals surface area contributed by atoms with Gasteiger partial charge in [-0.3, -0.25) is 4.79 Å². The number of fused-ring (bicyclic) bond motifs is 1. The lowest BCUT2D eigenvalue weighted by Gasteiger charge is -2.13. The second-order valence-electron chi connectivity index (χ2n) is 8.40. The van der Waals surface area contributed by atoms with Gasteiger partial charge in [0.1, 0.15) is 5.82 Å². The van der Waals surface area contributed by atoms with Crippen LogP contribution < -0.4 is 14.8 Å². The van der Waals surface area contributed by atoms with E-state index in [-0.39, 0.29) is 5.91 Å². The third kappa shape index (κ3) is 4.63. The maximum atomic E-state index is 13.4. The predicted molar refractivity (Wildman–Crippen MR) is 141 cm³/mol. The van der Waals surface area contributed by atoms with Crippen LogP contribution in [0.1, 0.15) is 21.7 Å². The number of nitrogens with one attached hydrogen (secondary N) is 1. The first-order valence-corrected chi connectivity index (χ1v) is 11.6. The third-order valence-corrected chi connectivity index (χ3v) is 6.13. The summed E-state index contributed by atoms with van der Waals surface area (Å²) in [6, 6.07) is 22.9. The minimum absolute atomic E-state index is 0.200. The first kappa shape index (κ1) is 23.1. The van der Waals surface area contributed by atoms with Crippen LogP contribution in [0.4, 0.5) is 5.69 Å². The van der Waals surface area contributed by atoms with E-state index in [0.29, 0.717) is 22.8 Å². The SMILES string of the molecule is COc1ccc(-c2cc(C(=O)Nc3ccc(Cn4ccnc4C)cc3)c3ccccc3n2)cc1OC. The van der Waals surface area contributed by atoms with E-state index in [4.69, 9.17) is 14.5 Å². The quantitative estimate of drug-likeness (QED) is 0.323. The summed E-state index contributed by atoms with van der Waals surface area (Å²) in [6.45, 7) is 2.70. The van der Waals surface area contributed by atoms with Gasteiger partial charge < -0.3 is 19.4 Å². The fraction of sp³-hybridized carbons (Fsp3) is 0.138. The third-order valence-electron chi connectivity index (χ3n) is 6.13. The molecule has 0 aliphatic rings. The minimum Gasteiger partial charge on any atom is -0.493 e. The number of nitrogens with zero attached hydrogens (tertiary/aromatic N) is 3. The van der Waals surface area contributed by atoms with E-state index in [2.05, 4.69) is 14.9 Å². The number of aromatic nitrogens is 3. The molecule has 5 aromatic rings. The Morgan fingerprint density at radius 3 is 2.44 bits per heavy atom. The normalized spacial score (nSPS) is 10.9. The van der Waals surface area contributed by atoms with E-state index in [1.807, 2.05) is 85.9 Å². The summed E-state index contributed by atoms with van der Waals surface area (Å²) >= 11 is 0. The number of ether oxygens (including phenoxy) is 2. The van der Waals surface area contributed by atoms with Gasteiger partial charge >= 0.3 is 0 Å². The van der Waals surface area contributed by atoms with Gasteiger partial charge in [0.05, 0.1) is 31.0 Å². The number of para-hydroxylation sites is 1. The van der Waals surface area contributed by atoms with Crippen molar-refractivity contribution in [2.45, 2.75) is 13.5 Å². The molecule has 0 saturated carbocycles. The van der Waals surface area contributed by atoms with Crippen molar-refractivity contribution in [3.8, 4) is 22.8 Å². The van der Waals surface area contributed by atoms with Crippen LogP contribution in [0.3, 0.4) is 0 Å². The monoisotopic (exact) mass is 478 g/mol. The molecular weight excluding hydrogens is 452 g/mol. The van der Waals surface area contributed by atoms with Crippen LogP contribution in [-0.2, 0) is 6.54 Å². The Bertz CT molecular complexity index is 1540. The van der Waals surface area contributed by atoms with Crippen molar-refractivity contribution < 1.29 is 14.3 Å². The van der Waals surface area contributed by atoms with E-state index in [9.17, 15) is 4.79 Å². The average molecular weight is 479 g/mol. The molecule has 7 nitrogen and oxygen atoms in total. The highest BCUT2D eigenvalue weighted by Gasteiger charge is 2.16. The van der Waals surface area contributed by atoms with E-state index in [0.717, 1.165) is 40.1 Å². The molecular formula is C29H26N4O3. The Kier molecular flexibility index (Phi) is 6.36. The average Bonchev–Trinajstić information content (AvgIpc) is 3.32. The van der Waals surface area contributed by atoms with Gasteiger partial charge in [0.15, 0.2) is 11.5 Å². The number of anilines is 1. The summed E-state index contributed by atoms with van der Waals surface area (Å²) in [7, 11) is 3.19. The first-order valence-electron chi connectivity index (χ1n) is 11.6. The minimum atomic E-state index is -0.200. The van der Waals surface area contributed by atoms with Gasteiger partial charge in [0.25, 0.3) is 5.91 Å². The van der Waals surface area contributed by atoms with Crippen LogP contribution in [0.25, 0.3) is 22.2 Å². The Hall–Kier alpha value is -4.65. The molecule has 0 radical (unpaired) electrons. The summed E-state index contributed by atoms with van der Waals surface area (Å²) in [5, 5.41) is 3.82. The maximum Gasteiger partial charge on any atom is 0.256 e. The number of hydrogen-bond acceptors (Lipinski definition) is 5. The summed E-state index contributed by atoms with van der Waals surface area (Å²) in [5.74, 6) is 1.99. The number of imidazole rings is 1. The number of carbonyl (C=O) groups excluding carboxylic acids is 1. The molecule has 0 bridgehead atoms. The zero-order valence-electron chi connectivity index (χ0n) is 20.4. The summed E-state index contributed by atoms with van der Waals surface area (Å²) in [6.07, 6.45) is 3.74. The lowest BCUT2D eigenvalue weighted by atomic mass is 10.0.